The molecule has 162 valence electrons. The van der Waals surface area contributed by atoms with E-state index < -0.39 is 0 Å². The lowest BCUT2D eigenvalue weighted by atomic mass is 10.1. The molecule has 3 rings (SSSR count). The number of anilines is 1. The van der Waals surface area contributed by atoms with Crippen molar-refractivity contribution in [2.24, 2.45) is 4.99 Å². The Balaban J connectivity index is 1.48. The van der Waals surface area contributed by atoms with Crippen LogP contribution in [0.4, 0.5) is 5.82 Å². The molecule has 1 saturated heterocycles. The number of piperidine rings is 1. The highest BCUT2D eigenvalue weighted by atomic mass is 16.5. The molecule has 1 aromatic carbocycles. The highest BCUT2D eigenvalue weighted by molar-refractivity contribution is 5.80. The summed E-state index contributed by atoms with van der Waals surface area (Å²) < 4.78 is 5.73. The molecule has 1 aliphatic heterocycles. The van der Waals surface area contributed by atoms with Crippen LogP contribution >= 0.6 is 0 Å². The van der Waals surface area contributed by atoms with E-state index in [2.05, 4.69) is 58.6 Å². The Morgan fingerprint density at radius 1 is 1.17 bits per heavy atom. The number of pyridine rings is 1. The van der Waals surface area contributed by atoms with Crippen LogP contribution in [0.1, 0.15) is 38.7 Å². The van der Waals surface area contributed by atoms with Crippen LogP contribution in [0.5, 0.6) is 5.75 Å². The van der Waals surface area contributed by atoms with E-state index in [1.807, 2.05) is 24.4 Å². The molecular weight excluding hydrogens is 374 g/mol. The maximum atomic E-state index is 5.73. The fraction of sp³-hybridized carbons (Fsp3) is 0.500. The minimum Gasteiger partial charge on any atom is -0.494 e. The van der Waals surface area contributed by atoms with Gasteiger partial charge in [0.1, 0.15) is 11.6 Å². The summed E-state index contributed by atoms with van der Waals surface area (Å²) in [6, 6.07) is 14.9. The minimum absolute atomic E-state index is 0.438. The Morgan fingerprint density at radius 2 is 2.03 bits per heavy atom. The minimum atomic E-state index is 0.438. The Labute approximate surface area is 180 Å². The second-order valence-electron chi connectivity index (χ2n) is 7.60. The Hall–Kier alpha value is -2.76. The lowest BCUT2D eigenvalue weighted by molar-refractivity contribution is 0.317. The molecule has 0 aliphatic carbocycles. The fourth-order valence-corrected chi connectivity index (χ4v) is 3.61. The number of nitrogens with one attached hydrogen (secondary N) is 2. The number of rotatable bonds is 9. The zero-order valence-corrected chi connectivity index (χ0v) is 18.3. The standard InChI is InChI=1S/C24H35N5O/c1-3-18-30-22-9-7-8-20(19-22)11-15-27-24(25-4-2)28-21-12-16-29(17-13-21)23-10-5-6-14-26-23/h5-10,14,19,21H,3-4,11-13,15-18H2,1-2H3,(H2,25,27,28). The maximum Gasteiger partial charge on any atom is 0.191 e. The summed E-state index contributed by atoms with van der Waals surface area (Å²) in [4.78, 5) is 11.6. The molecule has 0 spiro atoms. The van der Waals surface area contributed by atoms with Gasteiger partial charge in [-0.25, -0.2) is 4.98 Å². The van der Waals surface area contributed by atoms with Gasteiger partial charge in [0.05, 0.1) is 6.61 Å². The van der Waals surface area contributed by atoms with Crippen molar-refractivity contribution in [3.8, 4) is 5.75 Å². The van der Waals surface area contributed by atoms with E-state index in [0.717, 1.165) is 76.0 Å². The lowest BCUT2D eigenvalue weighted by Gasteiger charge is -2.33. The molecule has 0 radical (unpaired) electrons. The van der Waals surface area contributed by atoms with Gasteiger partial charge in [-0.1, -0.05) is 25.1 Å². The smallest absolute Gasteiger partial charge is 0.191 e. The first-order valence-corrected chi connectivity index (χ1v) is 11.2. The third kappa shape index (κ3) is 6.94. The van der Waals surface area contributed by atoms with Crippen molar-refractivity contribution >= 4 is 11.8 Å². The molecular formula is C24H35N5O. The zero-order chi connectivity index (χ0) is 21.0. The number of aliphatic imine (C=N–C) groups is 1. The molecule has 0 unspecified atom stereocenters. The molecule has 2 aromatic rings. The van der Waals surface area contributed by atoms with Crippen LogP contribution in [-0.4, -0.2) is 49.8 Å². The molecule has 6 heteroatoms. The highest BCUT2D eigenvalue weighted by Crippen LogP contribution is 2.17. The fourth-order valence-electron chi connectivity index (χ4n) is 3.61. The number of ether oxygens (including phenoxy) is 1. The van der Waals surface area contributed by atoms with Crippen molar-refractivity contribution in [2.75, 3.05) is 37.7 Å². The summed E-state index contributed by atoms with van der Waals surface area (Å²) in [5, 5.41) is 7.01. The normalized spacial score (nSPS) is 15.1. The third-order valence-corrected chi connectivity index (χ3v) is 5.19. The predicted octanol–water partition coefficient (Wildman–Crippen LogP) is 3.64. The van der Waals surface area contributed by atoms with E-state index in [0.29, 0.717) is 6.04 Å². The topological polar surface area (TPSA) is 61.8 Å². The van der Waals surface area contributed by atoms with Crippen LogP contribution in [-0.2, 0) is 6.42 Å². The second kappa shape index (κ2) is 12.1. The Morgan fingerprint density at radius 3 is 2.77 bits per heavy atom. The molecule has 1 fully saturated rings. The van der Waals surface area contributed by atoms with Gasteiger partial charge in [-0.05, 0) is 62.4 Å². The summed E-state index contributed by atoms with van der Waals surface area (Å²) in [5.41, 5.74) is 1.26. The number of nitrogens with zero attached hydrogens (tertiary/aromatic N) is 3. The molecule has 0 atom stereocenters. The number of benzene rings is 1. The molecule has 2 heterocycles. The average Bonchev–Trinajstić information content (AvgIpc) is 2.79. The molecule has 1 aromatic heterocycles. The van der Waals surface area contributed by atoms with E-state index in [4.69, 9.17) is 9.73 Å². The largest absolute Gasteiger partial charge is 0.494 e. The second-order valence-corrected chi connectivity index (χ2v) is 7.60. The van der Waals surface area contributed by atoms with E-state index in [1.54, 1.807) is 0 Å². The van der Waals surface area contributed by atoms with Crippen LogP contribution in [0.3, 0.4) is 0 Å². The molecule has 0 saturated carbocycles. The van der Waals surface area contributed by atoms with Gasteiger partial charge < -0.3 is 20.3 Å². The predicted molar refractivity (Wildman–Crippen MR) is 125 cm³/mol. The van der Waals surface area contributed by atoms with Gasteiger partial charge in [0.25, 0.3) is 0 Å². The molecule has 1 aliphatic rings. The quantitative estimate of drug-likeness (QED) is 0.489. The number of hydrogen-bond acceptors (Lipinski definition) is 4. The number of aromatic nitrogens is 1. The molecule has 2 N–H and O–H groups in total. The van der Waals surface area contributed by atoms with Gasteiger partial charge in [-0.15, -0.1) is 0 Å². The van der Waals surface area contributed by atoms with Crippen LogP contribution in [0.25, 0.3) is 0 Å². The monoisotopic (exact) mass is 409 g/mol. The van der Waals surface area contributed by atoms with Crippen molar-refractivity contribution < 1.29 is 4.74 Å². The summed E-state index contributed by atoms with van der Waals surface area (Å²) in [6.45, 7) is 8.62. The summed E-state index contributed by atoms with van der Waals surface area (Å²) in [7, 11) is 0. The first-order chi connectivity index (χ1) is 14.8. The summed E-state index contributed by atoms with van der Waals surface area (Å²) in [5.74, 6) is 2.93. The van der Waals surface area contributed by atoms with Crippen LogP contribution in [0, 0.1) is 0 Å². The molecule has 0 amide bonds. The van der Waals surface area contributed by atoms with Gasteiger partial charge >= 0.3 is 0 Å². The van der Waals surface area contributed by atoms with Crippen molar-refractivity contribution in [3.63, 3.8) is 0 Å². The van der Waals surface area contributed by atoms with Crippen molar-refractivity contribution in [2.45, 2.75) is 45.6 Å². The molecule has 0 bridgehead atoms. The van der Waals surface area contributed by atoms with Gasteiger partial charge in [0, 0.05) is 38.4 Å². The average molecular weight is 410 g/mol. The zero-order valence-electron chi connectivity index (χ0n) is 18.3. The number of guanidine groups is 1. The van der Waals surface area contributed by atoms with Gasteiger partial charge in [-0.2, -0.15) is 0 Å². The van der Waals surface area contributed by atoms with Crippen molar-refractivity contribution in [1.29, 1.82) is 0 Å². The first kappa shape index (κ1) is 21.9. The highest BCUT2D eigenvalue weighted by Gasteiger charge is 2.20. The van der Waals surface area contributed by atoms with Gasteiger partial charge in [0.15, 0.2) is 5.96 Å². The SMILES string of the molecule is CCCOc1cccc(CCN=C(NCC)NC2CCN(c3ccccn3)CC2)c1. The first-order valence-electron chi connectivity index (χ1n) is 11.2. The number of hydrogen-bond donors (Lipinski definition) is 2. The van der Waals surface area contributed by atoms with Crippen LogP contribution in [0.2, 0.25) is 0 Å². The van der Waals surface area contributed by atoms with E-state index in [-0.39, 0.29) is 0 Å². The van der Waals surface area contributed by atoms with Gasteiger partial charge in [-0.3, -0.25) is 4.99 Å². The summed E-state index contributed by atoms with van der Waals surface area (Å²) >= 11 is 0. The molecule has 30 heavy (non-hydrogen) atoms. The third-order valence-electron chi connectivity index (χ3n) is 5.19. The van der Waals surface area contributed by atoms with Crippen LogP contribution in [0.15, 0.2) is 53.7 Å². The maximum absolute atomic E-state index is 5.73. The Bertz CT molecular complexity index is 772. The van der Waals surface area contributed by atoms with E-state index >= 15 is 0 Å². The molecule has 6 nitrogen and oxygen atoms in total. The van der Waals surface area contributed by atoms with Crippen molar-refractivity contribution in [3.05, 3.63) is 54.2 Å². The Kier molecular flexibility index (Phi) is 8.81. The van der Waals surface area contributed by atoms with E-state index in [1.165, 1.54) is 5.56 Å². The summed E-state index contributed by atoms with van der Waals surface area (Å²) in [6.07, 6.45) is 5.95. The lowest BCUT2D eigenvalue weighted by Crippen LogP contribution is -2.49. The van der Waals surface area contributed by atoms with Crippen LogP contribution < -0.4 is 20.3 Å². The van der Waals surface area contributed by atoms with Gasteiger partial charge in [0.2, 0.25) is 0 Å². The van der Waals surface area contributed by atoms with E-state index in [9.17, 15) is 0 Å². The van der Waals surface area contributed by atoms with Crippen molar-refractivity contribution in [1.82, 2.24) is 15.6 Å².